The Bertz CT molecular complexity index is 442. The van der Waals surface area contributed by atoms with Crippen molar-refractivity contribution in [3.8, 4) is 5.88 Å². The predicted octanol–water partition coefficient (Wildman–Crippen LogP) is 2.70. The number of aromatic nitrogens is 2. The van der Waals surface area contributed by atoms with Gasteiger partial charge in [0.2, 0.25) is 0 Å². The van der Waals surface area contributed by atoms with Gasteiger partial charge in [-0.2, -0.15) is 13.2 Å². The number of nitro groups is 1. The van der Waals surface area contributed by atoms with Gasteiger partial charge in [0, 0.05) is 0 Å². The highest BCUT2D eigenvalue weighted by atomic mass is 19.4. The van der Waals surface area contributed by atoms with Gasteiger partial charge in [-0.25, -0.2) is 4.68 Å². The van der Waals surface area contributed by atoms with Crippen molar-refractivity contribution in [1.82, 2.24) is 9.78 Å². The first-order valence-electron chi connectivity index (χ1n) is 5.09. The summed E-state index contributed by atoms with van der Waals surface area (Å²) in [6.07, 6.45) is -4.24. The van der Waals surface area contributed by atoms with Crippen LogP contribution >= 0.6 is 0 Å². The first kappa shape index (κ1) is 14.3. The Morgan fingerprint density at radius 1 is 1.44 bits per heavy atom. The Hall–Kier alpha value is -1.80. The second-order valence-corrected chi connectivity index (χ2v) is 3.94. The van der Waals surface area contributed by atoms with Crippen LogP contribution in [0.5, 0.6) is 5.88 Å². The minimum Gasteiger partial charge on any atom is -0.469 e. The van der Waals surface area contributed by atoms with E-state index in [0.29, 0.717) is 4.68 Å². The van der Waals surface area contributed by atoms with E-state index in [9.17, 15) is 23.3 Å². The lowest BCUT2D eigenvalue weighted by molar-refractivity contribution is -0.386. The molecule has 0 saturated carbocycles. The third-order valence-electron chi connectivity index (χ3n) is 2.09. The van der Waals surface area contributed by atoms with Crippen LogP contribution < -0.4 is 4.74 Å². The summed E-state index contributed by atoms with van der Waals surface area (Å²) in [6.45, 7) is 4.04. The number of rotatable bonds is 4. The van der Waals surface area contributed by atoms with E-state index in [1.165, 1.54) is 0 Å². The Kier molecular flexibility index (Phi) is 3.82. The molecule has 18 heavy (non-hydrogen) atoms. The zero-order valence-electron chi connectivity index (χ0n) is 9.93. The maximum Gasteiger partial charge on any atom is 0.410 e. The number of ether oxygens (including phenoxy) is 1. The van der Waals surface area contributed by atoms with E-state index in [1.54, 1.807) is 13.8 Å². The molecule has 0 radical (unpaired) electrons. The number of alkyl halides is 3. The van der Waals surface area contributed by atoms with Gasteiger partial charge in [-0.3, -0.25) is 10.1 Å². The van der Waals surface area contributed by atoms with Gasteiger partial charge in [0.05, 0.1) is 11.0 Å². The predicted molar refractivity (Wildman–Crippen MR) is 55.4 cm³/mol. The number of halogens is 3. The molecular formula is C9H12F3N3O3. The topological polar surface area (TPSA) is 70.2 Å². The summed E-state index contributed by atoms with van der Waals surface area (Å²) in [4.78, 5) is 9.85. The minimum absolute atomic E-state index is 0.411. The Balaban J connectivity index is 3.13. The van der Waals surface area contributed by atoms with Gasteiger partial charge in [-0.05, 0) is 20.8 Å². The van der Waals surface area contributed by atoms with E-state index in [1.807, 2.05) is 0 Å². The molecule has 1 aromatic heterocycles. The summed E-state index contributed by atoms with van der Waals surface area (Å²) in [5.74, 6) is -0.411. The summed E-state index contributed by atoms with van der Waals surface area (Å²) >= 11 is 0. The molecule has 0 aromatic carbocycles. The molecule has 0 unspecified atom stereocenters. The molecule has 102 valence electrons. The van der Waals surface area contributed by atoms with Gasteiger partial charge >= 0.3 is 17.7 Å². The molecule has 0 aliphatic rings. The monoisotopic (exact) mass is 267 g/mol. The molecule has 0 bridgehead atoms. The average Bonchev–Trinajstić information content (AvgIpc) is 2.58. The Morgan fingerprint density at radius 3 is 2.39 bits per heavy atom. The van der Waals surface area contributed by atoms with Crippen LogP contribution in [0.4, 0.5) is 18.9 Å². The molecule has 1 aromatic rings. The number of hydrogen-bond acceptors (Lipinski definition) is 4. The smallest absolute Gasteiger partial charge is 0.410 e. The lowest BCUT2D eigenvalue weighted by Crippen LogP contribution is -2.24. The second-order valence-electron chi connectivity index (χ2n) is 3.94. The summed E-state index contributed by atoms with van der Waals surface area (Å²) in [6, 6.07) is -1.96. The molecule has 9 heteroatoms. The molecule has 0 aliphatic heterocycles. The van der Waals surface area contributed by atoms with Crippen molar-refractivity contribution in [2.75, 3.05) is 0 Å². The molecule has 6 nitrogen and oxygen atoms in total. The van der Waals surface area contributed by atoms with Gasteiger partial charge < -0.3 is 4.74 Å². The lowest BCUT2D eigenvalue weighted by Gasteiger charge is -2.15. The molecular weight excluding hydrogens is 255 g/mol. The molecule has 0 fully saturated rings. The maximum atomic E-state index is 12.5. The van der Waals surface area contributed by atoms with Crippen LogP contribution in [0.2, 0.25) is 0 Å². The normalized spacial score (nSPS) is 13.7. The van der Waals surface area contributed by atoms with Crippen LogP contribution in [0, 0.1) is 10.1 Å². The fraction of sp³-hybridized carbons (Fsp3) is 0.667. The minimum atomic E-state index is -4.53. The zero-order valence-corrected chi connectivity index (χ0v) is 9.93. The van der Waals surface area contributed by atoms with E-state index < -0.39 is 34.8 Å². The molecule has 0 saturated heterocycles. The van der Waals surface area contributed by atoms with Crippen molar-refractivity contribution in [3.63, 3.8) is 0 Å². The molecule has 0 aliphatic carbocycles. The van der Waals surface area contributed by atoms with Crippen molar-refractivity contribution in [3.05, 3.63) is 16.3 Å². The number of hydrogen-bond donors (Lipinski definition) is 0. The maximum absolute atomic E-state index is 12.5. The van der Waals surface area contributed by atoms with E-state index in [-0.39, 0.29) is 0 Å². The largest absolute Gasteiger partial charge is 0.469 e. The van der Waals surface area contributed by atoms with Gasteiger partial charge in [0.25, 0.3) is 0 Å². The summed E-state index contributed by atoms with van der Waals surface area (Å²) < 4.78 is 42.9. The van der Waals surface area contributed by atoms with E-state index in [2.05, 4.69) is 5.10 Å². The quantitative estimate of drug-likeness (QED) is 0.621. The Labute approximate surface area is 100 Å². The van der Waals surface area contributed by atoms with Crippen molar-refractivity contribution in [2.24, 2.45) is 0 Å². The van der Waals surface area contributed by atoms with Gasteiger partial charge in [0.1, 0.15) is 12.2 Å². The fourth-order valence-corrected chi connectivity index (χ4v) is 1.15. The van der Waals surface area contributed by atoms with E-state index in [4.69, 9.17) is 4.74 Å². The van der Waals surface area contributed by atoms with Gasteiger partial charge in [0.15, 0.2) is 0 Å². The second kappa shape index (κ2) is 4.83. The molecule has 0 amide bonds. The van der Waals surface area contributed by atoms with E-state index in [0.717, 1.165) is 13.1 Å². The molecule has 0 N–H and O–H groups in total. The highest BCUT2D eigenvalue weighted by Crippen LogP contribution is 2.33. The third-order valence-corrected chi connectivity index (χ3v) is 2.09. The van der Waals surface area contributed by atoms with Crippen LogP contribution in [-0.4, -0.2) is 27.0 Å². The standard InChI is InChI=1S/C9H12F3N3O3/c1-5(2)18-8-7(15(16)17)4-14(13-8)6(3)9(10,11)12/h4-6H,1-3H3/t6-/m1/s1. The SMILES string of the molecule is CC(C)Oc1nn([C@H](C)C(F)(F)F)cc1[N+](=O)[O-]. The van der Waals surface area contributed by atoms with Crippen molar-refractivity contribution >= 4 is 5.69 Å². The first-order chi connectivity index (χ1) is 8.12. The molecule has 1 heterocycles. The molecule has 0 spiro atoms. The van der Waals surface area contributed by atoms with Crippen molar-refractivity contribution < 1.29 is 22.8 Å². The summed E-state index contributed by atoms with van der Waals surface area (Å²) in [7, 11) is 0. The van der Waals surface area contributed by atoms with Crippen molar-refractivity contribution in [1.29, 1.82) is 0 Å². The average molecular weight is 267 g/mol. The van der Waals surface area contributed by atoms with E-state index >= 15 is 0 Å². The van der Waals surface area contributed by atoms with Gasteiger partial charge in [-0.1, -0.05) is 0 Å². The summed E-state index contributed by atoms with van der Waals surface area (Å²) in [5.41, 5.74) is -0.584. The molecule has 1 atom stereocenters. The highest BCUT2D eigenvalue weighted by molar-refractivity contribution is 5.38. The highest BCUT2D eigenvalue weighted by Gasteiger charge is 2.39. The van der Waals surface area contributed by atoms with Crippen LogP contribution in [0.1, 0.15) is 26.8 Å². The Morgan fingerprint density at radius 2 is 2.00 bits per heavy atom. The van der Waals surface area contributed by atoms with Gasteiger partial charge in [-0.15, -0.1) is 5.10 Å². The third kappa shape index (κ3) is 3.11. The van der Waals surface area contributed by atoms with Crippen LogP contribution in [0.25, 0.3) is 0 Å². The first-order valence-corrected chi connectivity index (χ1v) is 5.09. The summed E-state index contributed by atoms with van der Waals surface area (Å²) in [5, 5.41) is 14.2. The van der Waals surface area contributed by atoms with Crippen LogP contribution in [-0.2, 0) is 0 Å². The number of nitrogens with zero attached hydrogens (tertiary/aromatic N) is 3. The van der Waals surface area contributed by atoms with Crippen LogP contribution in [0.15, 0.2) is 6.20 Å². The fourth-order valence-electron chi connectivity index (χ4n) is 1.15. The lowest BCUT2D eigenvalue weighted by atomic mass is 10.3. The van der Waals surface area contributed by atoms with Crippen LogP contribution in [0.3, 0.4) is 0 Å². The molecule has 1 rings (SSSR count). The zero-order chi connectivity index (χ0) is 14.1. The van der Waals surface area contributed by atoms with Crippen molar-refractivity contribution in [2.45, 2.75) is 39.1 Å².